The second-order valence-corrected chi connectivity index (χ2v) is 13.1. The third-order valence-electron chi connectivity index (χ3n) is 9.91. The normalized spacial score (nSPS) is 14.3. The van der Waals surface area contributed by atoms with Crippen molar-refractivity contribution >= 4 is 43.7 Å². The molecule has 0 spiro atoms. The van der Waals surface area contributed by atoms with Crippen LogP contribution in [0.3, 0.4) is 0 Å². The molecule has 0 bridgehead atoms. The second kappa shape index (κ2) is 13.0. The minimum Gasteiger partial charge on any atom is -0.455 e. The number of fused-ring (bicyclic) bond motifs is 6. The largest absolute Gasteiger partial charge is 0.455 e. The lowest BCUT2D eigenvalue weighted by atomic mass is 9.97. The predicted molar refractivity (Wildman–Crippen MR) is 229 cm³/mol. The fourth-order valence-corrected chi connectivity index (χ4v) is 7.44. The molecule has 3 heterocycles. The van der Waals surface area contributed by atoms with E-state index in [9.17, 15) is 2.74 Å². The molecule has 0 fully saturated rings. The van der Waals surface area contributed by atoms with Gasteiger partial charge in [-0.3, -0.25) is 0 Å². The summed E-state index contributed by atoms with van der Waals surface area (Å²) in [5.41, 5.74) is 4.39. The molecular formula is C51H32N4O. The molecule has 262 valence electrons. The van der Waals surface area contributed by atoms with Gasteiger partial charge in [0.15, 0.2) is 17.5 Å². The average Bonchev–Trinajstić information content (AvgIpc) is 3.92. The first-order chi connectivity index (χ1) is 32.3. The molecule has 0 aliphatic rings. The molecule has 3 aromatic heterocycles. The van der Waals surface area contributed by atoms with Gasteiger partial charge in [0.2, 0.25) is 0 Å². The van der Waals surface area contributed by atoms with Gasteiger partial charge in [0.25, 0.3) is 0 Å². The summed E-state index contributed by atoms with van der Waals surface area (Å²) < 4.78 is 106. The molecule has 5 nitrogen and oxygen atoms in total. The van der Waals surface area contributed by atoms with E-state index >= 15 is 0 Å². The van der Waals surface area contributed by atoms with Gasteiger partial charge in [-0.15, -0.1) is 0 Å². The Balaban J connectivity index is 1.28. The maximum absolute atomic E-state index is 9.60. The molecule has 0 atom stereocenters. The number of rotatable bonds is 6. The number of benzene rings is 8. The van der Waals surface area contributed by atoms with Gasteiger partial charge >= 0.3 is 0 Å². The number of aromatic nitrogens is 4. The van der Waals surface area contributed by atoms with Crippen molar-refractivity contribution in [3.05, 3.63) is 194 Å². The predicted octanol–water partition coefficient (Wildman–Crippen LogP) is 13.2. The molecule has 0 saturated heterocycles. The minimum absolute atomic E-state index is 0.0125. The van der Waals surface area contributed by atoms with Crippen LogP contribution in [0.1, 0.15) is 15.1 Å². The van der Waals surface area contributed by atoms with E-state index in [2.05, 4.69) is 0 Å². The van der Waals surface area contributed by atoms with Crippen molar-refractivity contribution in [1.29, 1.82) is 0 Å². The Hall–Kier alpha value is -7.63. The number of hydrogen-bond donors (Lipinski definition) is 0. The Morgan fingerprint density at radius 2 is 1.11 bits per heavy atom. The van der Waals surface area contributed by atoms with Gasteiger partial charge in [0.1, 0.15) is 11.2 Å². The van der Waals surface area contributed by atoms with Crippen molar-refractivity contribution in [3.8, 4) is 62.1 Å². The van der Waals surface area contributed by atoms with Crippen LogP contribution in [0.4, 0.5) is 0 Å². The summed E-state index contributed by atoms with van der Waals surface area (Å²) in [4.78, 5) is 14.8. The zero-order chi connectivity index (χ0) is 46.6. The number of furan rings is 1. The highest BCUT2D eigenvalue weighted by atomic mass is 16.3. The molecule has 0 unspecified atom stereocenters. The zero-order valence-corrected chi connectivity index (χ0v) is 29.3. The van der Waals surface area contributed by atoms with Crippen LogP contribution in [0.5, 0.6) is 0 Å². The van der Waals surface area contributed by atoms with Crippen molar-refractivity contribution in [1.82, 2.24) is 19.5 Å². The number of nitrogens with zero attached hydrogens (tertiary/aromatic N) is 4. The van der Waals surface area contributed by atoms with Crippen LogP contribution in [0, 0.1) is 0 Å². The van der Waals surface area contributed by atoms with E-state index in [0.717, 1.165) is 11.1 Å². The molecule has 0 radical (unpaired) electrons. The molecule has 0 aliphatic carbocycles. The van der Waals surface area contributed by atoms with Crippen LogP contribution in [-0.2, 0) is 0 Å². The van der Waals surface area contributed by atoms with E-state index in [4.69, 9.17) is 31.7 Å². The third-order valence-corrected chi connectivity index (χ3v) is 9.91. The van der Waals surface area contributed by atoms with Crippen LogP contribution in [0.2, 0.25) is 0 Å². The summed E-state index contributed by atoms with van der Waals surface area (Å²) in [6.07, 6.45) is 0. The van der Waals surface area contributed by atoms with Crippen LogP contribution < -0.4 is 0 Å². The molecule has 56 heavy (non-hydrogen) atoms. The summed E-state index contributed by atoms with van der Waals surface area (Å²) in [5.74, 6) is 1.09. The third kappa shape index (κ3) is 5.21. The van der Waals surface area contributed by atoms with E-state index in [1.54, 1.807) is 18.2 Å². The summed E-state index contributed by atoms with van der Waals surface area (Å²) in [7, 11) is 0. The van der Waals surface area contributed by atoms with E-state index in [-0.39, 0.29) is 75.1 Å². The number of hydrogen-bond acceptors (Lipinski definition) is 4. The SMILES string of the molecule is [2H]c1cc([2H])c2oc3c(-c4cc(-c5nc(-c6ccccc6)nc(-c6ccccc6)n5)ccc4-n4c5ccccc5c5c(-c6c([2H])c([2H])c([2H])c([2H])c6[2H])cccc54)c([2H])c([2H])c([2H])c3c2c1[2H]. The quantitative estimate of drug-likeness (QED) is 0.171. The van der Waals surface area contributed by atoms with E-state index < -0.39 is 30.2 Å². The molecule has 0 amide bonds. The van der Waals surface area contributed by atoms with Crippen LogP contribution in [0.25, 0.3) is 106 Å². The lowest BCUT2D eigenvalue weighted by molar-refractivity contribution is 0.670. The Morgan fingerprint density at radius 3 is 1.88 bits per heavy atom. The maximum atomic E-state index is 9.60. The van der Waals surface area contributed by atoms with Gasteiger partial charge in [-0.05, 0) is 47.5 Å². The Morgan fingerprint density at radius 1 is 0.429 bits per heavy atom. The topological polar surface area (TPSA) is 56.7 Å². The molecule has 8 aromatic carbocycles. The first-order valence-corrected chi connectivity index (χ1v) is 17.9. The summed E-state index contributed by atoms with van der Waals surface area (Å²) in [6.45, 7) is 0. The van der Waals surface area contributed by atoms with Gasteiger partial charge < -0.3 is 8.98 Å². The monoisotopic (exact) mass is 727 g/mol. The molecule has 0 N–H and O–H groups in total. The zero-order valence-electron chi connectivity index (χ0n) is 40.3. The second-order valence-electron chi connectivity index (χ2n) is 13.1. The highest BCUT2D eigenvalue weighted by molar-refractivity contribution is 6.16. The molecule has 0 aliphatic heterocycles. The first-order valence-electron chi connectivity index (χ1n) is 23.4. The highest BCUT2D eigenvalue weighted by Gasteiger charge is 2.22. The highest BCUT2D eigenvalue weighted by Crippen LogP contribution is 2.44. The van der Waals surface area contributed by atoms with Crippen molar-refractivity contribution in [2.75, 3.05) is 0 Å². The van der Waals surface area contributed by atoms with Gasteiger partial charge in [-0.25, -0.2) is 15.0 Å². The van der Waals surface area contributed by atoms with Crippen molar-refractivity contribution in [3.63, 3.8) is 0 Å². The van der Waals surface area contributed by atoms with Gasteiger partial charge in [0.05, 0.1) is 31.8 Å². The fourth-order valence-electron chi connectivity index (χ4n) is 7.44. The van der Waals surface area contributed by atoms with Crippen molar-refractivity contribution in [2.45, 2.75) is 0 Å². The van der Waals surface area contributed by atoms with Gasteiger partial charge in [0, 0.05) is 49.4 Å². The minimum atomic E-state index is -0.507. The van der Waals surface area contributed by atoms with E-state index in [1.165, 1.54) is 6.07 Å². The molecular weight excluding hydrogens is 685 g/mol. The standard InChI is InChI=1S/C51H32N4O/c1-4-16-33(17-5-1)37-24-15-28-45-47(37)41-23-10-12-27-43(41)55(45)44-31-30-36(32-42(44)40-26-14-25-39-38-22-11-13-29-46(38)56-48(39)40)51-53-49(34-18-6-2-7-19-34)52-50(54-51)35-20-8-3-9-21-35/h1-32H/i1D,4D,5D,11D,14D,16D,17D,22D,25D,26D,29D. The molecule has 5 heteroatoms. The molecule has 11 rings (SSSR count). The fraction of sp³-hybridized carbons (Fsp3) is 0. The lowest BCUT2D eigenvalue weighted by Crippen LogP contribution is -2.02. The van der Waals surface area contributed by atoms with Crippen LogP contribution >= 0.6 is 0 Å². The van der Waals surface area contributed by atoms with Crippen LogP contribution in [0.15, 0.2) is 198 Å². The van der Waals surface area contributed by atoms with Crippen molar-refractivity contribution < 1.29 is 19.5 Å². The lowest BCUT2D eigenvalue weighted by Gasteiger charge is -2.16. The summed E-state index contributed by atoms with van der Waals surface area (Å²) in [5, 5.41) is 1.31. The van der Waals surface area contributed by atoms with E-state index in [1.807, 2.05) is 108 Å². The maximum Gasteiger partial charge on any atom is 0.164 e. The molecule has 11 aromatic rings. The molecule has 0 saturated carbocycles. The Bertz CT molecular complexity index is 3810. The first kappa shape index (κ1) is 22.6. The average molecular weight is 728 g/mol. The summed E-state index contributed by atoms with van der Waals surface area (Å²) >= 11 is 0. The van der Waals surface area contributed by atoms with Crippen molar-refractivity contribution in [2.24, 2.45) is 0 Å². The van der Waals surface area contributed by atoms with Gasteiger partial charge in [-0.2, -0.15) is 0 Å². The summed E-state index contributed by atoms with van der Waals surface area (Å²) in [6, 6.07) is 34.2. The van der Waals surface area contributed by atoms with Crippen LogP contribution in [-0.4, -0.2) is 19.5 Å². The Kier molecular flexibility index (Phi) is 5.25. The smallest absolute Gasteiger partial charge is 0.164 e. The Labute approximate surface area is 338 Å². The number of para-hydroxylation sites is 3. The van der Waals surface area contributed by atoms with E-state index in [0.29, 0.717) is 55.8 Å². The van der Waals surface area contributed by atoms with Gasteiger partial charge in [-0.1, -0.05) is 157 Å².